The highest BCUT2D eigenvalue weighted by atomic mass is 16.5. The second-order valence-corrected chi connectivity index (χ2v) is 8.63. The van der Waals surface area contributed by atoms with Crippen molar-refractivity contribution in [2.75, 3.05) is 50.1 Å². The van der Waals surface area contributed by atoms with Crippen LogP contribution in [0.5, 0.6) is 0 Å². The number of piperidine rings is 1. The van der Waals surface area contributed by atoms with Gasteiger partial charge in [0.05, 0.1) is 18.2 Å². The van der Waals surface area contributed by atoms with Gasteiger partial charge in [-0.25, -0.2) is 4.98 Å². The first-order valence-electron chi connectivity index (χ1n) is 11.3. The summed E-state index contributed by atoms with van der Waals surface area (Å²) >= 11 is 0. The maximum Gasteiger partial charge on any atom is 0.309 e. The van der Waals surface area contributed by atoms with Gasteiger partial charge in [0.2, 0.25) is 5.95 Å². The molecule has 0 unspecified atom stereocenters. The molecule has 0 spiro atoms. The van der Waals surface area contributed by atoms with E-state index in [4.69, 9.17) is 14.7 Å². The number of aromatic nitrogens is 2. The van der Waals surface area contributed by atoms with E-state index >= 15 is 0 Å². The van der Waals surface area contributed by atoms with Crippen molar-refractivity contribution in [2.24, 2.45) is 5.92 Å². The average molecular weight is 424 g/mol. The van der Waals surface area contributed by atoms with Crippen LogP contribution >= 0.6 is 0 Å². The molecule has 1 saturated heterocycles. The number of ether oxygens (including phenoxy) is 1. The molecule has 3 heterocycles. The van der Waals surface area contributed by atoms with Gasteiger partial charge in [-0.15, -0.1) is 0 Å². The number of nitrogens with zero attached hydrogens (tertiary/aromatic N) is 5. The van der Waals surface area contributed by atoms with E-state index in [9.17, 15) is 4.79 Å². The van der Waals surface area contributed by atoms with Crippen LogP contribution in [0, 0.1) is 5.92 Å². The minimum absolute atomic E-state index is 0.00300. The van der Waals surface area contributed by atoms with Crippen LogP contribution in [0.15, 0.2) is 30.3 Å². The Bertz CT molecular complexity index is 894. The molecule has 0 amide bonds. The number of anilines is 2. The van der Waals surface area contributed by atoms with Gasteiger partial charge < -0.3 is 14.5 Å². The standard InChI is InChI=1S/C24H33N5O2/c1-4-31-23(30)19-10-14-29(15-11-19)22-20-17-28(16-18-8-6-5-7-9-18)13-12-21(20)25-24(26-22)27(2)3/h5-9,19H,4,10-17H2,1-3H3. The topological polar surface area (TPSA) is 61.8 Å². The summed E-state index contributed by atoms with van der Waals surface area (Å²) in [6.45, 7) is 6.73. The highest BCUT2D eigenvalue weighted by Gasteiger charge is 2.30. The average Bonchev–Trinajstić information content (AvgIpc) is 2.79. The Labute approximate surface area is 185 Å². The summed E-state index contributed by atoms with van der Waals surface area (Å²) in [7, 11) is 3.98. The zero-order valence-electron chi connectivity index (χ0n) is 18.9. The van der Waals surface area contributed by atoms with E-state index in [2.05, 4.69) is 40.1 Å². The van der Waals surface area contributed by atoms with Gasteiger partial charge in [-0.3, -0.25) is 9.69 Å². The zero-order valence-corrected chi connectivity index (χ0v) is 18.9. The van der Waals surface area contributed by atoms with Crippen molar-refractivity contribution < 1.29 is 9.53 Å². The Balaban J connectivity index is 1.55. The Kier molecular flexibility index (Phi) is 6.70. The minimum atomic E-state index is -0.0603. The first-order chi connectivity index (χ1) is 15.0. The number of hydrogen-bond donors (Lipinski definition) is 0. The minimum Gasteiger partial charge on any atom is -0.466 e. The van der Waals surface area contributed by atoms with Gasteiger partial charge in [-0.2, -0.15) is 4.98 Å². The number of benzene rings is 1. The van der Waals surface area contributed by atoms with E-state index in [0.29, 0.717) is 6.61 Å². The molecule has 2 aliphatic heterocycles. The Hall–Kier alpha value is -2.67. The van der Waals surface area contributed by atoms with Gasteiger partial charge in [0.1, 0.15) is 5.82 Å². The van der Waals surface area contributed by atoms with Crippen LogP contribution in [0.3, 0.4) is 0 Å². The molecule has 1 fully saturated rings. The molecule has 2 aliphatic rings. The lowest BCUT2D eigenvalue weighted by Crippen LogP contribution is -2.40. The predicted molar refractivity (Wildman–Crippen MR) is 122 cm³/mol. The van der Waals surface area contributed by atoms with E-state index in [0.717, 1.165) is 69.4 Å². The molecular formula is C24H33N5O2. The van der Waals surface area contributed by atoms with E-state index in [1.165, 1.54) is 11.1 Å². The molecule has 0 atom stereocenters. The molecule has 0 radical (unpaired) electrons. The summed E-state index contributed by atoms with van der Waals surface area (Å²) in [5.41, 5.74) is 3.72. The lowest BCUT2D eigenvalue weighted by Gasteiger charge is -2.36. The third-order valence-corrected chi connectivity index (χ3v) is 6.17. The van der Waals surface area contributed by atoms with Gasteiger partial charge >= 0.3 is 5.97 Å². The fourth-order valence-corrected chi connectivity index (χ4v) is 4.47. The fraction of sp³-hybridized carbons (Fsp3) is 0.542. The normalized spacial score (nSPS) is 17.3. The highest BCUT2D eigenvalue weighted by molar-refractivity contribution is 5.73. The van der Waals surface area contributed by atoms with Gasteiger partial charge in [0.15, 0.2) is 0 Å². The van der Waals surface area contributed by atoms with Crippen molar-refractivity contribution in [3.05, 3.63) is 47.2 Å². The molecule has 1 aromatic heterocycles. The van der Waals surface area contributed by atoms with Crippen molar-refractivity contribution in [2.45, 2.75) is 39.3 Å². The van der Waals surface area contributed by atoms with Crippen LogP contribution in [-0.4, -0.2) is 61.2 Å². The SMILES string of the molecule is CCOC(=O)C1CCN(c2nc(N(C)C)nc3c2CN(Cc2ccccc2)CC3)CC1. The molecule has 7 heteroatoms. The molecule has 7 nitrogen and oxygen atoms in total. The number of fused-ring (bicyclic) bond motifs is 1. The molecule has 166 valence electrons. The number of rotatable bonds is 6. The highest BCUT2D eigenvalue weighted by Crippen LogP contribution is 2.32. The van der Waals surface area contributed by atoms with Gasteiger partial charge in [0.25, 0.3) is 0 Å². The van der Waals surface area contributed by atoms with E-state index in [1.807, 2.05) is 25.9 Å². The van der Waals surface area contributed by atoms with Crippen molar-refractivity contribution in [1.82, 2.24) is 14.9 Å². The third-order valence-electron chi connectivity index (χ3n) is 6.17. The summed E-state index contributed by atoms with van der Waals surface area (Å²) in [5.74, 6) is 1.73. The molecule has 0 N–H and O–H groups in total. The van der Waals surface area contributed by atoms with Gasteiger partial charge in [0, 0.05) is 58.8 Å². The fourth-order valence-electron chi connectivity index (χ4n) is 4.47. The quantitative estimate of drug-likeness (QED) is 0.662. The monoisotopic (exact) mass is 423 g/mol. The molecule has 0 bridgehead atoms. The summed E-state index contributed by atoms with van der Waals surface area (Å²) in [6.07, 6.45) is 2.54. The predicted octanol–water partition coefficient (Wildman–Crippen LogP) is 2.88. The van der Waals surface area contributed by atoms with Crippen LogP contribution < -0.4 is 9.80 Å². The summed E-state index contributed by atoms with van der Waals surface area (Å²) in [5, 5.41) is 0. The number of carbonyl (C=O) groups excluding carboxylic acids is 1. The van der Waals surface area contributed by atoms with Crippen LogP contribution in [0.1, 0.15) is 36.6 Å². The van der Waals surface area contributed by atoms with E-state index in [1.54, 1.807) is 0 Å². The van der Waals surface area contributed by atoms with Crippen molar-refractivity contribution >= 4 is 17.7 Å². The molecule has 4 rings (SSSR count). The maximum atomic E-state index is 12.2. The first-order valence-corrected chi connectivity index (χ1v) is 11.3. The summed E-state index contributed by atoms with van der Waals surface area (Å²) in [4.78, 5) is 28.8. The van der Waals surface area contributed by atoms with Crippen LogP contribution in [0.2, 0.25) is 0 Å². The number of esters is 1. The van der Waals surface area contributed by atoms with Crippen molar-refractivity contribution in [3.8, 4) is 0 Å². The van der Waals surface area contributed by atoms with Crippen LogP contribution in [0.4, 0.5) is 11.8 Å². The Morgan fingerprint density at radius 1 is 1.13 bits per heavy atom. The molecule has 0 saturated carbocycles. The lowest BCUT2D eigenvalue weighted by atomic mass is 9.96. The third kappa shape index (κ3) is 4.98. The molecule has 0 aliphatic carbocycles. The van der Waals surface area contributed by atoms with Crippen LogP contribution in [-0.2, 0) is 29.0 Å². The Morgan fingerprint density at radius 2 is 1.87 bits per heavy atom. The Morgan fingerprint density at radius 3 is 2.55 bits per heavy atom. The van der Waals surface area contributed by atoms with Crippen molar-refractivity contribution in [3.63, 3.8) is 0 Å². The second kappa shape index (κ2) is 9.64. The zero-order chi connectivity index (χ0) is 21.8. The van der Waals surface area contributed by atoms with Gasteiger partial charge in [-0.1, -0.05) is 30.3 Å². The summed E-state index contributed by atoms with van der Waals surface area (Å²) in [6, 6.07) is 10.6. The number of carbonyl (C=O) groups is 1. The van der Waals surface area contributed by atoms with Crippen molar-refractivity contribution in [1.29, 1.82) is 0 Å². The first kappa shape index (κ1) is 21.6. The maximum absolute atomic E-state index is 12.2. The molecule has 1 aromatic carbocycles. The molecule has 2 aromatic rings. The second-order valence-electron chi connectivity index (χ2n) is 8.63. The molecular weight excluding hydrogens is 390 g/mol. The van der Waals surface area contributed by atoms with E-state index in [-0.39, 0.29) is 11.9 Å². The lowest BCUT2D eigenvalue weighted by molar-refractivity contribution is -0.148. The smallest absolute Gasteiger partial charge is 0.309 e. The number of hydrogen-bond acceptors (Lipinski definition) is 7. The van der Waals surface area contributed by atoms with Gasteiger partial charge in [-0.05, 0) is 25.3 Å². The molecule has 31 heavy (non-hydrogen) atoms. The van der Waals surface area contributed by atoms with Crippen LogP contribution in [0.25, 0.3) is 0 Å². The van der Waals surface area contributed by atoms with E-state index < -0.39 is 0 Å². The largest absolute Gasteiger partial charge is 0.466 e. The summed E-state index contributed by atoms with van der Waals surface area (Å²) < 4.78 is 5.24.